The summed E-state index contributed by atoms with van der Waals surface area (Å²) in [6.45, 7) is 0.0917. The molecule has 0 spiro atoms. The van der Waals surface area contributed by atoms with Crippen LogP contribution >= 0.6 is 10.7 Å². The summed E-state index contributed by atoms with van der Waals surface area (Å²) in [5.74, 6) is -0.103. The van der Waals surface area contributed by atoms with Gasteiger partial charge in [0.25, 0.3) is 14.2 Å². The first-order valence-corrected chi connectivity index (χ1v) is 7.38. The van der Waals surface area contributed by atoms with Crippen LogP contribution in [0.25, 0.3) is 0 Å². The van der Waals surface area contributed by atoms with Crippen molar-refractivity contribution in [1.82, 2.24) is 14.8 Å². The Labute approximate surface area is 111 Å². The number of rotatable bonds is 6. The van der Waals surface area contributed by atoms with E-state index in [0.29, 0.717) is 0 Å². The van der Waals surface area contributed by atoms with Gasteiger partial charge in [0.2, 0.25) is 0 Å². The van der Waals surface area contributed by atoms with Crippen molar-refractivity contribution in [1.29, 1.82) is 0 Å². The molecule has 0 aliphatic carbocycles. The highest BCUT2D eigenvalue weighted by atomic mass is 35.7. The molecule has 0 fully saturated rings. The van der Waals surface area contributed by atoms with Gasteiger partial charge in [-0.05, 0) is 0 Å². The molecule has 0 bridgehead atoms. The van der Waals surface area contributed by atoms with Crippen molar-refractivity contribution in [3.8, 4) is 0 Å². The zero-order valence-corrected chi connectivity index (χ0v) is 11.4. The second kappa shape index (κ2) is 6.06. The molecule has 1 aromatic rings. The summed E-state index contributed by atoms with van der Waals surface area (Å²) in [4.78, 5) is 0. The zero-order chi connectivity index (χ0) is 14.7. The van der Waals surface area contributed by atoms with E-state index in [0.717, 1.165) is 4.57 Å². The van der Waals surface area contributed by atoms with Crippen LogP contribution in [0.15, 0.2) is 5.16 Å². The maximum absolute atomic E-state index is 12.1. The SMILES string of the molecule is COCCn1c(CCC(F)(F)F)nnc1S(=O)(=O)Cl. The molecule has 0 saturated carbocycles. The van der Waals surface area contributed by atoms with Gasteiger partial charge in [-0.3, -0.25) is 4.57 Å². The van der Waals surface area contributed by atoms with E-state index in [9.17, 15) is 21.6 Å². The Bertz CT molecular complexity index is 529. The van der Waals surface area contributed by atoms with E-state index in [-0.39, 0.29) is 19.0 Å². The smallest absolute Gasteiger partial charge is 0.383 e. The van der Waals surface area contributed by atoms with Crippen LogP contribution in [-0.2, 0) is 26.8 Å². The second-order valence-electron chi connectivity index (χ2n) is 3.60. The number of aryl methyl sites for hydroxylation is 1. The van der Waals surface area contributed by atoms with Crippen LogP contribution in [0.3, 0.4) is 0 Å². The van der Waals surface area contributed by atoms with Gasteiger partial charge < -0.3 is 4.74 Å². The zero-order valence-electron chi connectivity index (χ0n) is 9.81. The minimum Gasteiger partial charge on any atom is -0.383 e. The van der Waals surface area contributed by atoms with Gasteiger partial charge in [0.15, 0.2) is 0 Å². The lowest BCUT2D eigenvalue weighted by molar-refractivity contribution is -0.134. The maximum atomic E-state index is 12.1. The van der Waals surface area contributed by atoms with Crippen molar-refractivity contribution < 1.29 is 26.3 Å². The van der Waals surface area contributed by atoms with Crippen molar-refractivity contribution in [2.24, 2.45) is 0 Å². The fourth-order valence-electron chi connectivity index (χ4n) is 1.35. The molecule has 0 saturated heterocycles. The summed E-state index contributed by atoms with van der Waals surface area (Å²) < 4.78 is 64.6. The Morgan fingerprint density at radius 1 is 1.37 bits per heavy atom. The highest BCUT2D eigenvalue weighted by Gasteiger charge is 2.29. The third-order valence-electron chi connectivity index (χ3n) is 2.16. The van der Waals surface area contributed by atoms with Crippen LogP contribution < -0.4 is 0 Å². The minimum absolute atomic E-state index is 0.00201. The highest BCUT2D eigenvalue weighted by molar-refractivity contribution is 8.13. The number of nitrogens with zero attached hydrogens (tertiary/aromatic N) is 3. The second-order valence-corrected chi connectivity index (χ2v) is 6.06. The van der Waals surface area contributed by atoms with E-state index < -0.39 is 33.2 Å². The first kappa shape index (κ1) is 16.2. The number of ether oxygens (including phenoxy) is 1. The molecular weight excluding hydrogens is 311 g/mol. The standard InChI is InChI=1S/C8H11ClF3N3O3S/c1-18-5-4-15-6(2-3-8(10,11)12)13-14-7(15)19(9,16)17/h2-5H2,1H3. The molecular formula is C8H11ClF3N3O3S. The predicted octanol–water partition coefficient (Wildman–Crippen LogP) is 1.35. The van der Waals surface area contributed by atoms with E-state index in [1.807, 2.05) is 0 Å². The maximum Gasteiger partial charge on any atom is 0.389 e. The first-order chi connectivity index (χ1) is 8.65. The van der Waals surface area contributed by atoms with Crippen molar-refractivity contribution in [3.63, 3.8) is 0 Å². The van der Waals surface area contributed by atoms with Crippen molar-refractivity contribution in [2.75, 3.05) is 13.7 Å². The van der Waals surface area contributed by atoms with Gasteiger partial charge in [-0.1, -0.05) is 0 Å². The Morgan fingerprint density at radius 2 is 2.00 bits per heavy atom. The van der Waals surface area contributed by atoms with Crippen molar-refractivity contribution in [2.45, 2.75) is 30.7 Å². The summed E-state index contributed by atoms with van der Waals surface area (Å²) in [6, 6.07) is 0. The van der Waals surface area contributed by atoms with Gasteiger partial charge in [-0.2, -0.15) is 13.2 Å². The number of aromatic nitrogens is 3. The lowest BCUT2D eigenvalue weighted by Gasteiger charge is -2.09. The van der Waals surface area contributed by atoms with Crippen LogP contribution in [0.4, 0.5) is 13.2 Å². The average Bonchev–Trinajstić information content (AvgIpc) is 2.65. The molecule has 0 aliphatic heterocycles. The minimum atomic E-state index is -4.36. The molecule has 0 aromatic carbocycles. The van der Waals surface area contributed by atoms with Gasteiger partial charge in [0, 0.05) is 30.8 Å². The van der Waals surface area contributed by atoms with Gasteiger partial charge >= 0.3 is 6.18 Å². The van der Waals surface area contributed by atoms with E-state index >= 15 is 0 Å². The highest BCUT2D eigenvalue weighted by Crippen LogP contribution is 2.23. The van der Waals surface area contributed by atoms with Crippen LogP contribution in [-0.4, -0.2) is 43.1 Å². The molecule has 110 valence electrons. The summed E-state index contributed by atoms with van der Waals surface area (Å²) >= 11 is 0. The van der Waals surface area contributed by atoms with E-state index in [4.69, 9.17) is 15.4 Å². The lowest BCUT2D eigenvalue weighted by atomic mass is 10.3. The fourth-order valence-corrected chi connectivity index (χ4v) is 2.29. The largest absolute Gasteiger partial charge is 0.389 e. The fraction of sp³-hybridized carbons (Fsp3) is 0.750. The predicted molar refractivity (Wildman–Crippen MR) is 59.3 cm³/mol. The topological polar surface area (TPSA) is 74.1 Å². The summed E-state index contributed by atoms with van der Waals surface area (Å²) in [5.41, 5.74) is 0. The number of hydrogen-bond donors (Lipinski definition) is 0. The number of alkyl halides is 3. The molecule has 0 amide bonds. The summed E-state index contributed by atoms with van der Waals surface area (Å²) in [6.07, 6.45) is -5.97. The number of hydrogen-bond acceptors (Lipinski definition) is 5. The third kappa shape index (κ3) is 4.96. The normalized spacial score (nSPS) is 12.9. The van der Waals surface area contributed by atoms with Crippen LogP contribution in [0.5, 0.6) is 0 Å². The molecule has 19 heavy (non-hydrogen) atoms. The molecule has 11 heteroatoms. The summed E-state index contributed by atoms with van der Waals surface area (Å²) in [5, 5.41) is 6.16. The molecule has 6 nitrogen and oxygen atoms in total. The van der Waals surface area contributed by atoms with Gasteiger partial charge in [-0.25, -0.2) is 8.42 Å². The molecule has 1 aromatic heterocycles. The van der Waals surface area contributed by atoms with E-state index in [1.54, 1.807) is 0 Å². The molecule has 1 rings (SSSR count). The van der Waals surface area contributed by atoms with Crippen molar-refractivity contribution >= 4 is 19.7 Å². The lowest BCUT2D eigenvalue weighted by Crippen LogP contribution is -2.16. The van der Waals surface area contributed by atoms with Gasteiger partial charge in [-0.15, -0.1) is 10.2 Å². The van der Waals surface area contributed by atoms with Crippen LogP contribution in [0.1, 0.15) is 12.2 Å². The molecule has 0 unspecified atom stereocenters. The Morgan fingerprint density at radius 3 is 2.47 bits per heavy atom. The molecule has 0 atom stereocenters. The van der Waals surface area contributed by atoms with E-state index in [1.165, 1.54) is 7.11 Å². The average molecular weight is 322 g/mol. The molecule has 0 radical (unpaired) electrons. The Hall–Kier alpha value is -0.870. The Balaban J connectivity index is 3.01. The monoisotopic (exact) mass is 321 g/mol. The first-order valence-electron chi connectivity index (χ1n) is 5.07. The van der Waals surface area contributed by atoms with Crippen LogP contribution in [0, 0.1) is 0 Å². The third-order valence-corrected chi connectivity index (χ3v) is 3.31. The molecule has 0 N–H and O–H groups in total. The van der Waals surface area contributed by atoms with Gasteiger partial charge in [0.05, 0.1) is 13.0 Å². The molecule has 1 heterocycles. The van der Waals surface area contributed by atoms with Crippen molar-refractivity contribution in [3.05, 3.63) is 5.82 Å². The summed E-state index contributed by atoms with van der Waals surface area (Å²) in [7, 11) is 2.33. The van der Waals surface area contributed by atoms with Gasteiger partial charge in [0.1, 0.15) is 5.82 Å². The van der Waals surface area contributed by atoms with Crippen LogP contribution in [0.2, 0.25) is 0 Å². The molecule has 0 aliphatic rings. The Kier molecular flexibility index (Phi) is 5.16. The number of halogens is 4. The number of methoxy groups -OCH3 is 1. The van der Waals surface area contributed by atoms with E-state index in [2.05, 4.69) is 10.2 Å². The quantitative estimate of drug-likeness (QED) is 0.739.